The van der Waals surface area contributed by atoms with Crippen molar-refractivity contribution in [2.24, 2.45) is 0 Å². The van der Waals surface area contributed by atoms with Crippen molar-refractivity contribution < 1.29 is 131 Å². The molecule has 0 spiro atoms. The molecule has 0 unspecified atom stereocenters. The van der Waals surface area contributed by atoms with Crippen LogP contribution in [0.25, 0.3) is 108 Å². The summed E-state index contributed by atoms with van der Waals surface area (Å²) in [5.41, 5.74) is 5.21. The van der Waals surface area contributed by atoms with Gasteiger partial charge >= 0.3 is 0 Å². The molecule has 0 aliphatic heterocycles. The van der Waals surface area contributed by atoms with E-state index in [1.165, 1.54) is 0 Å². The summed E-state index contributed by atoms with van der Waals surface area (Å²) in [5, 5.41) is 60.6. The van der Waals surface area contributed by atoms with E-state index in [0.717, 1.165) is 70.6 Å². The molecule has 382 valence electrons. The number of phenols is 5. The monoisotopic (exact) mass is 1330 g/mol. The number of phenolic OH excluding ortho intramolecular Hbond substituents is 5. The van der Waals surface area contributed by atoms with Crippen LogP contribution in [-0.2, 0) is 97.4 Å². The number of hydrogen-bond acceptors (Lipinski definition) is 10. The molecule has 0 amide bonds. The molecular weight excluding hydrogens is 1280 g/mol. The zero-order chi connectivity index (χ0) is 58.2. The van der Waals surface area contributed by atoms with Gasteiger partial charge < -0.3 is 25.5 Å². The van der Waals surface area contributed by atoms with Gasteiger partial charge in [-0.25, -0.2) is 0 Å². The van der Waals surface area contributed by atoms with Crippen LogP contribution in [0.15, 0.2) is 231 Å². The minimum Gasteiger partial charge on any atom is -0.507 e. The van der Waals surface area contributed by atoms with Crippen LogP contribution in [0, 0.1) is 13.8 Å². The molecule has 0 aliphatic carbocycles. The van der Waals surface area contributed by atoms with Crippen molar-refractivity contribution in [3.05, 3.63) is 242 Å². The van der Waals surface area contributed by atoms with Gasteiger partial charge in [-0.05, 0) is 119 Å². The number of pyridine rings is 5. The second kappa shape index (κ2) is 28.6. The number of benzene rings is 10. The van der Waals surface area contributed by atoms with Crippen LogP contribution < -0.4 is 0 Å². The molecular formula is C67H49N5O5Zn5. The second-order valence-electron chi connectivity index (χ2n) is 17.9. The number of hydrogen-bond donors (Lipinski definition) is 5. The maximum atomic E-state index is 9.98. The van der Waals surface area contributed by atoms with Gasteiger partial charge in [0.25, 0.3) is 0 Å². The number of rotatable bonds is 0. The summed E-state index contributed by atoms with van der Waals surface area (Å²) in [6.45, 7) is 3.81. The van der Waals surface area contributed by atoms with Crippen molar-refractivity contribution in [3.8, 4) is 28.7 Å². The van der Waals surface area contributed by atoms with Crippen molar-refractivity contribution in [3.63, 3.8) is 0 Å². The number of aromatic nitrogens is 5. The van der Waals surface area contributed by atoms with E-state index in [0.29, 0.717) is 73.0 Å². The first kappa shape index (κ1) is 55.2. The fraction of sp³-hybridized carbons (Fsp3) is 0.0299. The molecule has 15 heteroatoms. The van der Waals surface area contributed by atoms with E-state index in [1.54, 1.807) is 128 Å². The second-order valence-corrected chi connectivity index (χ2v) is 17.9. The average Bonchev–Trinajstić information content (AvgIpc) is 3.00. The summed E-state index contributed by atoms with van der Waals surface area (Å²) in [6.07, 6.45) is 8.38. The van der Waals surface area contributed by atoms with Crippen molar-refractivity contribution >= 4 is 108 Å². The Labute approximate surface area is 544 Å². The number of nitrogens with zero attached hydrogens (tertiary/aromatic N) is 5. The molecule has 5 aromatic heterocycles. The zero-order valence-electron chi connectivity index (χ0n) is 51.0. The van der Waals surface area contributed by atoms with Gasteiger partial charge in [-0.15, -0.1) is 0 Å². The van der Waals surface area contributed by atoms with Gasteiger partial charge in [0, 0.05) is 177 Å². The topological polar surface area (TPSA) is 166 Å². The van der Waals surface area contributed by atoms with E-state index in [2.05, 4.69) is 24.9 Å². The Morgan fingerprint density at radius 1 is 0.268 bits per heavy atom. The molecule has 10 aromatic carbocycles. The Kier molecular flexibility index (Phi) is 19.2. The van der Waals surface area contributed by atoms with Crippen LogP contribution in [-0.4, -0.2) is 50.5 Å². The molecule has 15 aromatic rings. The summed E-state index contributed by atoms with van der Waals surface area (Å²) in [6, 6.07) is 49.9. The predicted molar refractivity (Wildman–Crippen MR) is 314 cm³/mol. The number of aromatic hydroxyl groups is 5. The van der Waals surface area contributed by atoms with E-state index in [4.69, 9.17) is 8.22 Å². The number of aryl methyl sites for hydroxylation is 2. The van der Waals surface area contributed by atoms with Gasteiger partial charge in [-0.3, -0.25) is 24.9 Å². The molecule has 15 rings (SSSR count). The largest absolute Gasteiger partial charge is 0.507 e. The summed E-state index contributed by atoms with van der Waals surface area (Å²) >= 11 is 0. The van der Waals surface area contributed by atoms with Crippen LogP contribution in [0.1, 0.15) is 19.4 Å². The quantitative estimate of drug-likeness (QED) is 0.0729. The molecule has 0 saturated carbocycles. The summed E-state index contributed by atoms with van der Waals surface area (Å²) in [4.78, 5) is 21.3. The van der Waals surface area contributed by atoms with E-state index in [-0.39, 0.29) is 138 Å². The standard InChI is InChI=1S/2C14H11NO.3C13H9NO.5Zn/c1-9-8-10-4-3-7-15-14(10)13-11(9)5-2-6-12(13)16;1-9-8-10-4-2-6-12(16)13(10)14-11(9)5-3-7-15-14;3*15-11-5-1-3-9-6-7-10-4-2-8-14-13(10)12(9)11;;;;;/h2*2-8,16H,1H3;3*1-8,15H;;;;;/i2*8D;6D,7D;7D;6D;;;;;. The van der Waals surface area contributed by atoms with E-state index in [1.807, 2.05) is 80.6 Å². The molecule has 5 N–H and O–H groups in total. The third-order valence-corrected chi connectivity index (χ3v) is 13.0. The van der Waals surface area contributed by atoms with Crippen LogP contribution in [0.5, 0.6) is 28.7 Å². The number of fused-ring (bicyclic) bond motifs is 15. The predicted octanol–water partition coefficient (Wildman–Crippen LogP) is 16.1. The van der Waals surface area contributed by atoms with Crippen molar-refractivity contribution in [2.75, 3.05) is 0 Å². The van der Waals surface area contributed by atoms with Gasteiger partial charge in [0.05, 0.1) is 41.2 Å². The average molecular weight is 1340 g/mol. The molecule has 0 bridgehead atoms. The molecule has 0 atom stereocenters. The molecule has 0 saturated heterocycles. The first-order valence-electron chi connectivity index (χ1n) is 27.4. The van der Waals surface area contributed by atoms with Crippen LogP contribution >= 0.6 is 0 Å². The molecule has 5 heterocycles. The van der Waals surface area contributed by atoms with Gasteiger partial charge in [0.15, 0.2) is 0 Å². The van der Waals surface area contributed by atoms with Crippen molar-refractivity contribution in [1.29, 1.82) is 0 Å². The van der Waals surface area contributed by atoms with E-state index >= 15 is 0 Å². The first-order valence-corrected chi connectivity index (χ1v) is 24.4. The Bertz CT molecular complexity index is 4790. The SMILES string of the molecule is [2H]c1c(C)c2cccc(O)c2c2ncccc12.[2H]c1c(C)c2cccnc2c2c(O)cccc12.[2H]c1c([2H])c2cccc(O)c2c2ncccc12.[2H]c1cc2cccc(O)c2c2ncccc12.[2H]c1cc2cccnc2c2c(O)cccc12.[Zn].[Zn].[Zn].[Zn].[Zn]. The summed E-state index contributed by atoms with van der Waals surface area (Å²) < 4.78 is 47.9. The summed E-state index contributed by atoms with van der Waals surface area (Å²) in [5.74, 6) is 0.880. The Morgan fingerprint density at radius 2 is 0.573 bits per heavy atom. The van der Waals surface area contributed by atoms with Gasteiger partial charge in [-0.2, -0.15) is 0 Å². The molecule has 82 heavy (non-hydrogen) atoms. The normalized spacial score (nSPS) is 11.3. The molecule has 0 radical (unpaired) electrons. The van der Waals surface area contributed by atoms with Gasteiger partial charge in [0.2, 0.25) is 0 Å². The maximum Gasteiger partial charge on any atom is 0.125 e. The first-order chi connectivity index (χ1) is 40.1. The Balaban J connectivity index is 0.000000173. The zero-order valence-corrected chi connectivity index (χ0v) is 59.8. The minimum atomic E-state index is 0. The molecule has 0 aliphatic rings. The van der Waals surface area contributed by atoms with E-state index < -0.39 is 0 Å². The summed E-state index contributed by atoms with van der Waals surface area (Å²) in [7, 11) is 0. The van der Waals surface area contributed by atoms with E-state index in [9.17, 15) is 25.5 Å². The van der Waals surface area contributed by atoms with Crippen molar-refractivity contribution in [2.45, 2.75) is 13.8 Å². The van der Waals surface area contributed by atoms with Gasteiger partial charge in [0.1, 0.15) is 28.7 Å². The fourth-order valence-corrected chi connectivity index (χ4v) is 9.50. The van der Waals surface area contributed by atoms with Crippen LogP contribution in [0.3, 0.4) is 0 Å². The minimum absolute atomic E-state index is 0. The van der Waals surface area contributed by atoms with Crippen LogP contribution in [0.2, 0.25) is 0 Å². The Hall–Kier alpha value is -7.33. The third kappa shape index (κ3) is 13.1. The van der Waals surface area contributed by atoms with Crippen LogP contribution in [0.4, 0.5) is 0 Å². The van der Waals surface area contributed by atoms with Crippen molar-refractivity contribution in [1.82, 2.24) is 24.9 Å². The maximum absolute atomic E-state index is 9.98. The molecule has 10 nitrogen and oxygen atoms in total. The Morgan fingerprint density at radius 3 is 1.13 bits per heavy atom. The third-order valence-electron chi connectivity index (χ3n) is 13.0. The van der Waals surface area contributed by atoms with Gasteiger partial charge in [-0.1, -0.05) is 133 Å². The smallest absolute Gasteiger partial charge is 0.125 e. The fourth-order valence-electron chi connectivity index (χ4n) is 9.50. The molecule has 0 fully saturated rings.